The van der Waals surface area contributed by atoms with Crippen LogP contribution in [0.15, 0.2) is 0 Å². The van der Waals surface area contributed by atoms with E-state index in [2.05, 4.69) is 4.90 Å². The third-order valence-electron chi connectivity index (χ3n) is 2.18. The molecule has 1 atom stereocenters. The van der Waals surface area contributed by atoms with Gasteiger partial charge in [0.2, 0.25) is 0 Å². The third-order valence-corrected chi connectivity index (χ3v) is 2.54. The highest BCUT2D eigenvalue weighted by Gasteiger charge is 2.18. The van der Waals surface area contributed by atoms with Crippen LogP contribution in [0.2, 0.25) is 0 Å². The lowest BCUT2D eigenvalue weighted by atomic mass is 10.4. The second kappa shape index (κ2) is 5.79. The van der Waals surface area contributed by atoms with Crippen molar-refractivity contribution in [3.8, 4) is 0 Å². The van der Waals surface area contributed by atoms with Crippen LogP contribution in [0.3, 0.4) is 0 Å². The minimum Gasteiger partial charge on any atom is -0.382 e. The van der Waals surface area contributed by atoms with E-state index in [1.165, 1.54) is 6.54 Å². The Morgan fingerprint density at radius 3 is 3.00 bits per heavy atom. The first-order chi connectivity index (χ1) is 5.83. The Morgan fingerprint density at radius 1 is 1.58 bits per heavy atom. The highest BCUT2D eigenvalue weighted by atomic mass is 35.5. The third kappa shape index (κ3) is 3.74. The molecular weight excluding hydrogens is 174 g/mol. The summed E-state index contributed by atoms with van der Waals surface area (Å²) in [6, 6.07) is 0. The molecule has 0 bridgehead atoms. The molecule has 0 aromatic carbocycles. The van der Waals surface area contributed by atoms with Gasteiger partial charge in [0.05, 0.1) is 0 Å². The van der Waals surface area contributed by atoms with Gasteiger partial charge in [-0.3, -0.25) is 0 Å². The Bertz CT molecular complexity index is 121. The van der Waals surface area contributed by atoms with Gasteiger partial charge in [-0.25, -0.2) is 0 Å². The molecule has 0 aromatic rings. The molecule has 1 saturated heterocycles. The molecule has 12 heavy (non-hydrogen) atoms. The van der Waals surface area contributed by atoms with E-state index in [-0.39, 0.29) is 0 Å². The molecular formula is C9H18ClNO. The summed E-state index contributed by atoms with van der Waals surface area (Å²) >= 11 is 5.97. The quantitative estimate of drug-likeness (QED) is 0.485. The number of hydrogen-bond donors (Lipinski definition) is 0. The lowest BCUT2D eigenvalue weighted by Crippen LogP contribution is -2.23. The maximum Gasteiger partial charge on any atom is 0.0478 e. The molecule has 0 aliphatic carbocycles. The maximum absolute atomic E-state index is 5.97. The molecule has 0 N–H and O–H groups in total. The molecule has 72 valence electrons. The Hall–Kier alpha value is 0.210. The van der Waals surface area contributed by atoms with Gasteiger partial charge in [-0.2, -0.15) is 0 Å². The van der Waals surface area contributed by atoms with Crippen LogP contribution in [0.4, 0.5) is 0 Å². The minimum atomic E-state index is 0.386. The molecule has 1 aliphatic rings. The molecule has 2 nitrogen and oxygen atoms in total. The zero-order valence-corrected chi connectivity index (χ0v) is 8.52. The van der Waals surface area contributed by atoms with E-state index in [1.54, 1.807) is 0 Å². The van der Waals surface area contributed by atoms with Gasteiger partial charge in [0.1, 0.15) is 0 Å². The Balaban J connectivity index is 1.93. The topological polar surface area (TPSA) is 12.5 Å². The number of hydrogen-bond acceptors (Lipinski definition) is 2. The SMILES string of the molecule is CCOCCCN1CCC(Cl)C1. The van der Waals surface area contributed by atoms with E-state index in [9.17, 15) is 0 Å². The monoisotopic (exact) mass is 191 g/mol. The van der Waals surface area contributed by atoms with Gasteiger partial charge in [-0.15, -0.1) is 11.6 Å². The molecule has 1 aliphatic heterocycles. The summed E-state index contributed by atoms with van der Waals surface area (Å²) in [4.78, 5) is 2.41. The molecule has 0 spiro atoms. The molecule has 0 aromatic heterocycles. The zero-order valence-electron chi connectivity index (χ0n) is 7.76. The first-order valence-electron chi connectivity index (χ1n) is 4.77. The molecule has 1 fully saturated rings. The van der Waals surface area contributed by atoms with Gasteiger partial charge < -0.3 is 9.64 Å². The van der Waals surface area contributed by atoms with Crippen molar-refractivity contribution >= 4 is 11.6 Å². The smallest absolute Gasteiger partial charge is 0.0478 e. The highest BCUT2D eigenvalue weighted by molar-refractivity contribution is 6.20. The number of rotatable bonds is 5. The second-order valence-corrected chi connectivity index (χ2v) is 3.85. The van der Waals surface area contributed by atoms with Crippen LogP contribution in [0.1, 0.15) is 19.8 Å². The van der Waals surface area contributed by atoms with E-state index < -0.39 is 0 Å². The van der Waals surface area contributed by atoms with Crippen molar-refractivity contribution in [2.24, 2.45) is 0 Å². The Labute approximate surface area is 79.8 Å². The maximum atomic E-state index is 5.97. The van der Waals surface area contributed by atoms with Crippen molar-refractivity contribution in [1.29, 1.82) is 0 Å². The summed E-state index contributed by atoms with van der Waals surface area (Å²) in [5.74, 6) is 0. The van der Waals surface area contributed by atoms with Crippen molar-refractivity contribution in [3.63, 3.8) is 0 Å². The van der Waals surface area contributed by atoms with Crippen LogP contribution >= 0.6 is 11.6 Å². The predicted molar refractivity (Wildman–Crippen MR) is 51.8 cm³/mol. The number of nitrogens with zero attached hydrogens (tertiary/aromatic N) is 1. The van der Waals surface area contributed by atoms with Crippen LogP contribution in [-0.2, 0) is 4.74 Å². The Morgan fingerprint density at radius 2 is 2.42 bits per heavy atom. The lowest BCUT2D eigenvalue weighted by molar-refractivity contribution is 0.135. The van der Waals surface area contributed by atoms with Crippen LogP contribution in [0.5, 0.6) is 0 Å². The zero-order chi connectivity index (χ0) is 8.81. The molecule has 1 unspecified atom stereocenters. The molecule has 0 amide bonds. The highest BCUT2D eigenvalue weighted by Crippen LogP contribution is 2.14. The van der Waals surface area contributed by atoms with Crippen LogP contribution in [0.25, 0.3) is 0 Å². The van der Waals surface area contributed by atoms with Crippen molar-refractivity contribution in [1.82, 2.24) is 4.90 Å². The number of halogens is 1. The van der Waals surface area contributed by atoms with Crippen LogP contribution in [-0.4, -0.2) is 43.1 Å². The Kier molecular flexibility index (Phi) is 4.96. The van der Waals surface area contributed by atoms with Crippen LogP contribution < -0.4 is 0 Å². The van der Waals surface area contributed by atoms with Crippen molar-refractivity contribution in [2.45, 2.75) is 25.1 Å². The summed E-state index contributed by atoms with van der Waals surface area (Å²) in [6.45, 7) is 7.12. The van der Waals surface area contributed by atoms with Gasteiger partial charge in [0.25, 0.3) is 0 Å². The van der Waals surface area contributed by atoms with Crippen molar-refractivity contribution < 1.29 is 4.74 Å². The average Bonchev–Trinajstić information content (AvgIpc) is 2.45. The molecule has 1 heterocycles. The van der Waals surface area contributed by atoms with Gasteiger partial charge >= 0.3 is 0 Å². The average molecular weight is 192 g/mol. The summed E-state index contributed by atoms with van der Waals surface area (Å²) in [6.07, 6.45) is 2.29. The first kappa shape index (κ1) is 10.3. The summed E-state index contributed by atoms with van der Waals surface area (Å²) in [7, 11) is 0. The number of likely N-dealkylation sites (tertiary alicyclic amines) is 1. The van der Waals surface area contributed by atoms with Crippen molar-refractivity contribution in [3.05, 3.63) is 0 Å². The van der Waals surface area contributed by atoms with Crippen molar-refractivity contribution in [2.75, 3.05) is 32.8 Å². The largest absolute Gasteiger partial charge is 0.382 e. The van der Waals surface area contributed by atoms with E-state index >= 15 is 0 Å². The summed E-state index contributed by atoms with van der Waals surface area (Å²) in [5, 5.41) is 0.386. The van der Waals surface area contributed by atoms with E-state index in [0.29, 0.717) is 5.38 Å². The standard InChI is InChI=1S/C9H18ClNO/c1-2-12-7-3-5-11-6-4-9(10)8-11/h9H,2-8H2,1H3. The predicted octanol–water partition coefficient (Wildman–Crippen LogP) is 1.73. The normalized spacial score (nSPS) is 25.0. The van der Waals surface area contributed by atoms with Crippen LogP contribution in [0, 0.1) is 0 Å². The minimum absolute atomic E-state index is 0.386. The van der Waals surface area contributed by atoms with Gasteiger partial charge in [0, 0.05) is 31.7 Å². The van der Waals surface area contributed by atoms with Gasteiger partial charge in [-0.05, 0) is 26.3 Å². The van der Waals surface area contributed by atoms with E-state index in [1.807, 2.05) is 6.92 Å². The summed E-state index contributed by atoms with van der Waals surface area (Å²) < 4.78 is 5.26. The van der Waals surface area contributed by atoms with Gasteiger partial charge in [-0.1, -0.05) is 0 Å². The van der Waals surface area contributed by atoms with E-state index in [4.69, 9.17) is 16.3 Å². The number of alkyl halides is 1. The molecule has 1 rings (SSSR count). The molecule has 3 heteroatoms. The molecule has 0 radical (unpaired) electrons. The van der Waals surface area contributed by atoms with Gasteiger partial charge in [0.15, 0.2) is 0 Å². The fourth-order valence-corrected chi connectivity index (χ4v) is 1.82. The first-order valence-corrected chi connectivity index (χ1v) is 5.20. The fourth-order valence-electron chi connectivity index (χ4n) is 1.52. The number of ether oxygens (including phenoxy) is 1. The summed E-state index contributed by atoms with van der Waals surface area (Å²) in [5.41, 5.74) is 0. The molecule has 0 saturated carbocycles. The van der Waals surface area contributed by atoms with E-state index in [0.717, 1.165) is 39.1 Å². The second-order valence-electron chi connectivity index (χ2n) is 3.24. The fraction of sp³-hybridized carbons (Fsp3) is 1.00. The lowest BCUT2D eigenvalue weighted by Gasteiger charge is -2.13.